The number of aliphatic hydroxyl groups is 2. The second-order valence-corrected chi connectivity index (χ2v) is 8.72. The lowest BCUT2D eigenvalue weighted by Gasteiger charge is -2.26. The zero-order valence-corrected chi connectivity index (χ0v) is 19.2. The van der Waals surface area contributed by atoms with Crippen molar-refractivity contribution in [3.63, 3.8) is 0 Å². The molecule has 6 N–H and O–H groups in total. The van der Waals surface area contributed by atoms with Crippen molar-refractivity contribution in [1.29, 1.82) is 0 Å². The monoisotopic (exact) mass is 483 g/mol. The summed E-state index contributed by atoms with van der Waals surface area (Å²) in [5.41, 5.74) is 1.46. The summed E-state index contributed by atoms with van der Waals surface area (Å²) in [6, 6.07) is 5.79. The van der Waals surface area contributed by atoms with Gasteiger partial charge in [-0.1, -0.05) is 0 Å². The Morgan fingerprint density at radius 1 is 1.00 bits per heavy atom. The van der Waals surface area contributed by atoms with Gasteiger partial charge in [-0.3, -0.25) is 9.69 Å². The minimum Gasteiger partial charge on any atom is -0.507 e. The van der Waals surface area contributed by atoms with Crippen molar-refractivity contribution in [2.45, 2.75) is 12.6 Å². The first kappa shape index (κ1) is 23.5. The summed E-state index contributed by atoms with van der Waals surface area (Å²) in [7, 11) is 0. The van der Waals surface area contributed by atoms with Gasteiger partial charge in [0.05, 0.1) is 54.5 Å². The maximum atomic E-state index is 13.7. The van der Waals surface area contributed by atoms with Crippen molar-refractivity contribution in [3.05, 3.63) is 40.2 Å². The number of anilines is 1. The standard InChI is InChI=1S/C24H29N5O6/c30-12-14(13-31)26-11-17-15-1-2-16(25-5-6-28-7-9-35-10-8-28)20-22(15)29(27-17)23-19(33)4-3-18(32)21(23)24(20)34/h1-4,14,25-26,30-33H,5-13H2. The molecule has 1 saturated heterocycles. The first-order chi connectivity index (χ1) is 17.0. The van der Waals surface area contributed by atoms with Crippen LogP contribution in [-0.2, 0) is 11.3 Å². The Kier molecular flexibility index (Phi) is 6.58. The molecular formula is C24H29N5O6. The first-order valence-corrected chi connectivity index (χ1v) is 11.7. The van der Waals surface area contributed by atoms with E-state index in [0.717, 1.165) is 19.6 Å². The second kappa shape index (κ2) is 9.80. The summed E-state index contributed by atoms with van der Waals surface area (Å²) in [6.45, 7) is 4.27. The van der Waals surface area contributed by atoms with Crippen molar-refractivity contribution >= 4 is 32.9 Å². The van der Waals surface area contributed by atoms with Crippen LogP contribution in [0.5, 0.6) is 11.5 Å². The smallest absolute Gasteiger partial charge is 0.203 e. The molecule has 1 aliphatic rings. The van der Waals surface area contributed by atoms with Gasteiger partial charge in [-0.15, -0.1) is 0 Å². The van der Waals surface area contributed by atoms with E-state index in [1.54, 1.807) is 0 Å². The Morgan fingerprint density at radius 3 is 2.49 bits per heavy atom. The van der Waals surface area contributed by atoms with Crippen LogP contribution in [0.4, 0.5) is 5.69 Å². The number of hydrogen-bond donors (Lipinski definition) is 6. The van der Waals surface area contributed by atoms with E-state index in [2.05, 4.69) is 20.6 Å². The van der Waals surface area contributed by atoms with E-state index in [9.17, 15) is 25.2 Å². The number of morpholine rings is 1. The van der Waals surface area contributed by atoms with E-state index in [1.807, 2.05) is 12.1 Å². The van der Waals surface area contributed by atoms with E-state index in [1.165, 1.54) is 16.6 Å². The molecule has 11 nitrogen and oxygen atoms in total. The van der Waals surface area contributed by atoms with Crippen molar-refractivity contribution in [2.24, 2.45) is 0 Å². The number of rotatable bonds is 9. The normalized spacial score (nSPS) is 15.2. The summed E-state index contributed by atoms with van der Waals surface area (Å²) in [5.74, 6) is -0.407. The van der Waals surface area contributed by atoms with Crippen LogP contribution in [0, 0.1) is 0 Å². The van der Waals surface area contributed by atoms with Gasteiger partial charge in [0.2, 0.25) is 5.43 Å². The molecule has 4 aromatic rings. The number of nitrogens with zero attached hydrogens (tertiary/aromatic N) is 3. The highest BCUT2D eigenvalue weighted by molar-refractivity contribution is 6.10. The molecule has 3 heterocycles. The zero-order valence-electron chi connectivity index (χ0n) is 19.2. The molecule has 2 aromatic heterocycles. The third kappa shape index (κ3) is 4.21. The topological polar surface area (TPSA) is 152 Å². The predicted octanol–water partition coefficient (Wildman–Crippen LogP) is 0.0368. The van der Waals surface area contributed by atoms with E-state index in [-0.39, 0.29) is 42.2 Å². The lowest BCUT2D eigenvalue weighted by molar-refractivity contribution is 0.0398. The van der Waals surface area contributed by atoms with E-state index in [4.69, 9.17) is 4.74 Å². The molecule has 2 aromatic carbocycles. The lowest BCUT2D eigenvalue weighted by Crippen LogP contribution is -2.39. The Labute approximate surface area is 200 Å². The van der Waals surface area contributed by atoms with E-state index >= 15 is 0 Å². The maximum Gasteiger partial charge on any atom is 0.203 e. The largest absolute Gasteiger partial charge is 0.507 e. The fourth-order valence-electron chi connectivity index (χ4n) is 4.67. The van der Waals surface area contributed by atoms with Crippen molar-refractivity contribution in [3.8, 4) is 11.5 Å². The van der Waals surface area contributed by atoms with Gasteiger partial charge in [0.1, 0.15) is 17.0 Å². The van der Waals surface area contributed by atoms with Crippen LogP contribution < -0.4 is 16.1 Å². The minimum absolute atomic E-state index is 0.00701. The highest BCUT2D eigenvalue weighted by Crippen LogP contribution is 2.36. The van der Waals surface area contributed by atoms with Crippen molar-refractivity contribution in [1.82, 2.24) is 19.8 Å². The van der Waals surface area contributed by atoms with E-state index in [0.29, 0.717) is 47.4 Å². The predicted molar refractivity (Wildman–Crippen MR) is 132 cm³/mol. The van der Waals surface area contributed by atoms with Crippen LogP contribution in [0.25, 0.3) is 27.2 Å². The van der Waals surface area contributed by atoms with Crippen LogP contribution in [-0.4, -0.2) is 93.6 Å². The highest BCUT2D eigenvalue weighted by Gasteiger charge is 2.23. The number of phenolic OH excluding ortho intramolecular Hbond substituents is 2. The minimum atomic E-state index is -0.521. The molecule has 1 aliphatic heterocycles. The molecule has 5 rings (SSSR count). The fraction of sp³-hybridized carbons (Fsp3) is 0.417. The van der Waals surface area contributed by atoms with Crippen molar-refractivity contribution < 1.29 is 25.2 Å². The number of fused-ring (bicyclic) bond motifs is 2. The van der Waals surface area contributed by atoms with Gasteiger partial charge in [-0.2, -0.15) is 5.10 Å². The van der Waals surface area contributed by atoms with Crippen LogP contribution in [0.3, 0.4) is 0 Å². The Hall–Kier alpha value is -3.22. The molecule has 35 heavy (non-hydrogen) atoms. The highest BCUT2D eigenvalue weighted by atomic mass is 16.5. The molecule has 1 fully saturated rings. The number of benzene rings is 2. The van der Waals surface area contributed by atoms with Crippen LogP contribution >= 0.6 is 0 Å². The molecule has 0 saturated carbocycles. The average Bonchev–Trinajstić information content (AvgIpc) is 3.24. The SMILES string of the molecule is O=c1c2c(O)ccc(O)c2n2nc(CNC(CO)CO)c3ccc(NCCN4CCOCC4)c1c32. The van der Waals surface area contributed by atoms with Crippen LogP contribution in [0.1, 0.15) is 5.69 Å². The average molecular weight is 484 g/mol. The number of pyridine rings is 1. The molecule has 0 amide bonds. The molecule has 0 spiro atoms. The summed E-state index contributed by atoms with van der Waals surface area (Å²) in [5, 5.41) is 52.1. The van der Waals surface area contributed by atoms with Gasteiger partial charge in [0.25, 0.3) is 0 Å². The molecule has 0 radical (unpaired) electrons. The third-order valence-corrected chi connectivity index (χ3v) is 6.57. The summed E-state index contributed by atoms with van der Waals surface area (Å²) in [6.07, 6.45) is 0. The zero-order chi connectivity index (χ0) is 24.5. The van der Waals surface area contributed by atoms with Gasteiger partial charge in [-0.25, -0.2) is 4.52 Å². The molecule has 0 aliphatic carbocycles. The summed E-state index contributed by atoms with van der Waals surface area (Å²) >= 11 is 0. The first-order valence-electron chi connectivity index (χ1n) is 11.7. The Balaban J connectivity index is 1.62. The summed E-state index contributed by atoms with van der Waals surface area (Å²) in [4.78, 5) is 15.9. The fourth-order valence-corrected chi connectivity index (χ4v) is 4.67. The van der Waals surface area contributed by atoms with Gasteiger partial charge in [-0.05, 0) is 24.3 Å². The number of hydrogen-bond acceptors (Lipinski definition) is 10. The number of aromatic nitrogens is 2. The second-order valence-electron chi connectivity index (χ2n) is 8.72. The van der Waals surface area contributed by atoms with Gasteiger partial charge >= 0.3 is 0 Å². The number of aromatic hydroxyl groups is 2. The molecule has 11 heteroatoms. The van der Waals surface area contributed by atoms with Crippen LogP contribution in [0.2, 0.25) is 0 Å². The quantitative estimate of drug-likeness (QED) is 0.142. The lowest BCUT2D eigenvalue weighted by atomic mass is 10.0. The van der Waals surface area contributed by atoms with Crippen molar-refractivity contribution in [2.75, 3.05) is 57.9 Å². The van der Waals surface area contributed by atoms with Gasteiger partial charge in [0, 0.05) is 43.8 Å². The Morgan fingerprint density at radius 2 is 1.74 bits per heavy atom. The number of nitrogens with one attached hydrogen (secondary N) is 2. The maximum absolute atomic E-state index is 13.7. The molecule has 0 unspecified atom stereocenters. The molecule has 0 bridgehead atoms. The Bertz CT molecular complexity index is 1400. The third-order valence-electron chi connectivity index (χ3n) is 6.57. The number of ether oxygens (including phenoxy) is 1. The molecule has 0 atom stereocenters. The molecular weight excluding hydrogens is 454 g/mol. The van der Waals surface area contributed by atoms with Crippen LogP contribution in [0.15, 0.2) is 29.1 Å². The number of phenols is 2. The number of aliphatic hydroxyl groups excluding tert-OH is 2. The van der Waals surface area contributed by atoms with Gasteiger partial charge < -0.3 is 35.8 Å². The molecule has 186 valence electrons. The van der Waals surface area contributed by atoms with Gasteiger partial charge in [0.15, 0.2) is 0 Å². The van der Waals surface area contributed by atoms with E-state index < -0.39 is 11.5 Å². The summed E-state index contributed by atoms with van der Waals surface area (Å²) < 4.78 is 6.89.